The van der Waals surface area contributed by atoms with Crippen LogP contribution in [0.3, 0.4) is 0 Å². The van der Waals surface area contributed by atoms with Crippen LogP contribution >= 0.6 is 0 Å². The summed E-state index contributed by atoms with van der Waals surface area (Å²) in [5.74, 6) is 0.0640. The van der Waals surface area contributed by atoms with Gasteiger partial charge in [0.05, 0.1) is 5.60 Å². The number of hydrogen-bond acceptors (Lipinski definition) is 1. The van der Waals surface area contributed by atoms with Gasteiger partial charge in [-0.15, -0.1) is 0 Å². The van der Waals surface area contributed by atoms with Crippen molar-refractivity contribution >= 4 is 0 Å². The molecule has 2 heteroatoms. The minimum absolute atomic E-state index is 0.258. The van der Waals surface area contributed by atoms with E-state index >= 15 is 0 Å². The highest BCUT2D eigenvalue weighted by atomic mass is 19.1. The number of benzene rings is 1. The molecule has 82 valence electrons. The van der Waals surface area contributed by atoms with Crippen LogP contribution in [0.2, 0.25) is 0 Å². The van der Waals surface area contributed by atoms with Gasteiger partial charge in [0.1, 0.15) is 5.82 Å². The Morgan fingerprint density at radius 3 is 2.93 bits per heavy atom. The van der Waals surface area contributed by atoms with E-state index in [2.05, 4.69) is 6.92 Å². The maximum atomic E-state index is 13.1. The first-order valence-electron chi connectivity index (χ1n) is 5.57. The topological polar surface area (TPSA) is 20.2 Å². The van der Waals surface area contributed by atoms with E-state index < -0.39 is 5.60 Å². The smallest absolute Gasteiger partial charge is 0.123 e. The fourth-order valence-corrected chi connectivity index (χ4v) is 2.40. The Kier molecular flexibility index (Phi) is 2.55. The molecule has 0 heterocycles. The molecule has 1 aromatic rings. The minimum Gasteiger partial charge on any atom is -0.385 e. The predicted octanol–water partition coefficient (Wildman–Crippen LogP) is 3.14. The SMILES string of the molecule is CCCC1CC1(O)c1cc(F)ccc1C. The average molecular weight is 208 g/mol. The molecule has 15 heavy (non-hydrogen) atoms. The summed E-state index contributed by atoms with van der Waals surface area (Å²) in [4.78, 5) is 0. The summed E-state index contributed by atoms with van der Waals surface area (Å²) >= 11 is 0. The maximum Gasteiger partial charge on any atom is 0.123 e. The van der Waals surface area contributed by atoms with Gasteiger partial charge in [0.2, 0.25) is 0 Å². The average Bonchev–Trinajstić information content (AvgIpc) is 2.83. The first-order valence-corrected chi connectivity index (χ1v) is 5.57. The van der Waals surface area contributed by atoms with Crippen molar-refractivity contribution in [3.63, 3.8) is 0 Å². The van der Waals surface area contributed by atoms with E-state index in [1.54, 1.807) is 6.07 Å². The lowest BCUT2D eigenvalue weighted by Crippen LogP contribution is -2.11. The number of hydrogen-bond donors (Lipinski definition) is 1. The van der Waals surface area contributed by atoms with E-state index in [9.17, 15) is 9.50 Å². The molecule has 0 aromatic heterocycles. The lowest BCUT2D eigenvalue weighted by Gasteiger charge is -2.14. The zero-order valence-electron chi connectivity index (χ0n) is 9.26. The standard InChI is InChI=1S/C13H17FO/c1-3-4-10-8-13(10,15)12-7-11(14)6-5-9(12)2/h5-7,10,15H,3-4,8H2,1-2H3. The lowest BCUT2D eigenvalue weighted by molar-refractivity contribution is 0.128. The van der Waals surface area contributed by atoms with Crippen LogP contribution in [-0.4, -0.2) is 5.11 Å². The van der Waals surface area contributed by atoms with Gasteiger partial charge in [0.25, 0.3) is 0 Å². The Bertz CT molecular complexity index is 375. The molecule has 1 nitrogen and oxygen atoms in total. The second kappa shape index (κ2) is 3.60. The fraction of sp³-hybridized carbons (Fsp3) is 0.538. The highest BCUT2D eigenvalue weighted by Crippen LogP contribution is 2.55. The zero-order valence-corrected chi connectivity index (χ0v) is 9.26. The summed E-state index contributed by atoms with van der Waals surface area (Å²) in [6, 6.07) is 4.66. The van der Waals surface area contributed by atoms with Gasteiger partial charge in [-0.1, -0.05) is 19.4 Å². The number of aryl methyl sites for hydroxylation is 1. The molecule has 0 aliphatic heterocycles. The third-order valence-corrected chi connectivity index (χ3v) is 3.38. The van der Waals surface area contributed by atoms with E-state index in [1.165, 1.54) is 12.1 Å². The molecule has 0 radical (unpaired) electrons. The van der Waals surface area contributed by atoms with Gasteiger partial charge in [-0.2, -0.15) is 0 Å². The second-order valence-electron chi connectivity index (χ2n) is 4.57. The molecule has 1 aliphatic rings. The molecular weight excluding hydrogens is 191 g/mol. The maximum absolute atomic E-state index is 13.1. The summed E-state index contributed by atoms with van der Waals surface area (Å²) in [5, 5.41) is 10.3. The lowest BCUT2D eigenvalue weighted by atomic mass is 9.98. The molecular formula is C13H17FO. The Hall–Kier alpha value is -0.890. The van der Waals surface area contributed by atoms with Crippen LogP contribution in [0.25, 0.3) is 0 Å². The molecule has 0 amide bonds. The quantitative estimate of drug-likeness (QED) is 0.809. The number of aliphatic hydroxyl groups is 1. The van der Waals surface area contributed by atoms with Gasteiger partial charge < -0.3 is 5.11 Å². The molecule has 1 fully saturated rings. The van der Waals surface area contributed by atoms with Crippen LogP contribution in [0.5, 0.6) is 0 Å². The third kappa shape index (κ3) is 1.78. The van der Waals surface area contributed by atoms with Crippen molar-refractivity contribution in [1.29, 1.82) is 0 Å². The molecule has 2 unspecified atom stereocenters. The summed E-state index contributed by atoms with van der Waals surface area (Å²) < 4.78 is 13.1. The fourth-order valence-electron chi connectivity index (χ4n) is 2.40. The van der Waals surface area contributed by atoms with E-state index in [-0.39, 0.29) is 5.82 Å². The Labute approximate surface area is 89.9 Å². The monoisotopic (exact) mass is 208 g/mol. The van der Waals surface area contributed by atoms with Crippen molar-refractivity contribution in [1.82, 2.24) is 0 Å². The van der Waals surface area contributed by atoms with Gasteiger partial charge in [-0.25, -0.2) is 4.39 Å². The van der Waals surface area contributed by atoms with Gasteiger partial charge in [-0.05, 0) is 48.9 Å². The highest BCUT2D eigenvalue weighted by Gasteiger charge is 2.53. The van der Waals surface area contributed by atoms with Gasteiger partial charge in [-0.3, -0.25) is 0 Å². The van der Waals surface area contributed by atoms with E-state index in [0.717, 1.165) is 30.4 Å². The first-order chi connectivity index (χ1) is 7.08. The summed E-state index contributed by atoms with van der Waals surface area (Å²) in [6.07, 6.45) is 2.87. The highest BCUT2D eigenvalue weighted by molar-refractivity contribution is 5.36. The molecule has 1 aliphatic carbocycles. The number of halogens is 1. The molecule has 1 N–H and O–H groups in total. The third-order valence-electron chi connectivity index (χ3n) is 3.38. The Morgan fingerprint density at radius 1 is 1.53 bits per heavy atom. The molecule has 0 bridgehead atoms. The molecule has 0 saturated heterocycles. The van der Waals surface area contributed by atoms with Crippen molar-refractivity contribution in [3.05, 3.63) is 35.1 Å². The van der Waals surface area contributed by atoms with Crippen molar-refractivity contribution in [3.8, 4) is 0 Å². The molecule has 1 saturated carbocycles. The van der Waals surface area contributed by atoms with Gasteiger partial charge in [0, 0.05) is 0 Å². The van der Waals surface area contributed by atoms with E-state index in [4.69, 9.17) is 0 Å². The summed E-state index contributed by atoms with van der Waals surface area (Å²) in [5.41, 5.74) is 1.01. The van der Waals surface area contributed by atoms with E-state index in [1.807, 2.05) is 6.92 Å². The van der Waals surface area contributed by atoms with Crippen LogP contribution < -0.4 is 0 Å². The molecule has 2 rings (SSSR count). The van der Waals surface area contributed by atoms with Crippen LogP contribution in [0.15, 0.2) is 18.2 Å². The first kappa shape index (κ1) is 10.6. The van der Waals surface area contributed by atoms with Crippen molar-refractivity contribution in [2.45, 2.75) is 38.7 Å². The minimum atomic E-state index is -0.748. The summed E-state index contributed by atoms with van der Waals surface area (Å²) in [7, 11) is 0. The Morgan fingerprint density at radius 2 is 2.27 bits per heavy atom. The zero-order chi connectivity index (χ0) is 11.1. The van der Waals surface area contributed by atoms with Crippen molar-refractivity contribution < 1.29 is 9.50 Å². The second-order valence-corrected chi connectivity index (χ2v) is 4.57. The molecule has 2 atom stereocenters. The van der Waals surface area contributed by atoms with Crippen molar-refractivity contribution in [2.75, 3.05) is 0 Å². The van der Waals surface area contributed by atoms with Crippen molar-refractivity contribution in [2.24, 2.45) is 5.92 Å². The van der Waals surface area contributed by atoms with E-state index in [0.29, 0.717) is 5.92 Å². The van der Waals surface area contributed by atoms with Gasteiger partial charge in [0.15, 0.2) is 0 Å². The normalized spacial score (nSPS) is 29.2. The summed E-state index contributed by atoms with van der Waals surface area (Å²) in [6.45, 7) is 4.03. The Balaban J connectivity index is 2.27. The molecule has 1 aromatic carbocycles. The largest absolute Gasteiger partial charge is 0.385 e. The van der Waals surface area contributed by atoms with Crippen LogP contribution in [-0.2, 0) is 5.60 Å². The van der Waals surface area contributed by atoms with Crippen LogP contribution in [0.1, 0.15) is 37.3 Å². The number of rotatable bonds is 3. The van der Waals surface area contributed by atoms with Crippen LogP contribution in [0.4, 0.5) is 4.39 Å². The molecule has 0 spiro atoms. The van der Waals surface area contributed by atoms with Gasteiger partial charge >= 0.3 is 0 Å². The van der Waals surface area contributed by atoms with Crippen LogP contribution in [0, 0.1) is 18.7 Å². The predicted molar refractivity (Wildman–Crippen MR) is 58.0 cm³/mol.